The highest BCUT2D eigenvalue weighted by atomic mass is 32.1. The summed E-state index contributed by atoms with van der Waals surface area (Å²) in [4.78, 5) is 16.2. The first kappa shape index (κ1) is 10.6. The molecule has 1 saturated carbocycles. The fraction of sp³-hybridized carbons (Fsp3) is 0.500. The Labute approximate surface area is 94.0 Å². The Balaban J connectivity index is 2.43. The number of nitrogens with zero attached hydrogens (tertiary/aromatic N) is 1. The standard InChI is InChI=1S/C12H15NOS/c1-13-9-12(10-5-7-15-8-10)6-3-2-4-11(12)14/h5,7-9H,2-4,6H2,1H3/b13-9-/t12-/m0/s1. The summed E-state index contributed by atoms with van der Waals surface area (Å²) in [6, 6.07) is 2.05. The van der Waals surface area contributed by atoms with Crippen LogP contribution in [-0.4, -0.2) is 19.0 Å². The van der Waals surface area contributed by atoms with Crippen molar-refractivity contribution >= 4 is 23.3 Å². The van der Waals surface area contributed by atoms with E-state index in [1.807, 2.05) is 11.6 Å². The van der Waals surface area contributed by atoms with Crippen LogP contribution in [0.3, 0.4) is 0 Å². The number of hydrogen-bond donors (Lipinski definition) is 0. The SMILES string of the molecule is C/N=C\[C@]1(c2ccsc2)CCCCC1=O. The fourth-order valence-electron chi connectivity index (χ4n) is 2.31. The van der Waals surface area contributed by atoms with Crippen LogP contribution in [-0.2, 0) is 10.2 Å². The molecular formula is C12H15NOS. The number of ketones is 1. The molecule has 1 fully saturated rings. The van der Waals surface area contributed by atoms with E-state index in [4.69, 9.17) is 0 Å². The predicted octanol–water partition coefficient (Wildman–Crippen LogP) is 2.83. The number of rotatable bonds is 2. The van der Waals surface area contributed by atoms with E-state index < -0.39 is 5.41 Å². The van der Waals surface area contributed by atoms with Gasteiger partial charge in [-0.3, -0.25) is 9.79 Å². The van der Waals surface area contributed by atoms with Gasteiger partial charge in [-0.1, -0.05) is 6.42 Å². The van der Waals surface area contributed by atoms with Gasteiger partial charge in [0.1, 0.15) is 5.78 Å². The van der Waals surface area contributed by atoms with Crippen molar-refractivity contribution in [3.63, 3.8) is 0 Å². The van der Waals surface area contributed by atoms with E-state index in [0.29, 0.717) is 12.2 Å². The first-order chi connectivity index (χ1) is 7.29. The summed E-state index contributed by atoms with van der Waals surface area (Å²) < 4.78 is 0. The number of hydrogen-bond acceptors (Lipinski definition) is 3. The van der Waals surface area contributed by atoms with Crippen molar-refractivity contribution in [2.75, 3.05) is 7.05 Å². The zero-order valence-electron chi connectivity index (χ0n) is 8.90. The average Bonchev–Trinajstić information content (AvgIpc) is 2.75. The second-order valence-corrected chi connectivity index (χ2v) is 4.78. The number of carbonyl (C=O) groups excluding carboxylic acids is 1. The second-order valence-electron chi connectivity index (χ2n) is 4.00. The Morgan fingerprint density at radius 2 is 2.40 bits per heavy atom. The van der Waals surface area contributed by atoms with Crippen molar-refractivity contribution in [2.45, 2.75) is 31.1 Å². The zero-order valence-corrected chi connectivity index (χ0v) is 9.72. The molecule has 1 heterocycles. The van der Waals surface area contributed by atoms with Gasteiger partial charge in [-0.15, -0.1) is 0 Å². The Bertz CT molecular complexity index is 369. The highest BCUT2D eigenvalue weighted by Crippen LogP contribution is 2.36. The third kappa shape index (κ3) is 1.76. The van der Waals surface area contributed by atoms with Gasteiger partial charge in [-0.05, 0) is 35.2 Å². The maximum Gasteiger partial charge on any atom is 0.148 e. The van der Waals surface area contributed by atoms with Crippen molar-refractivity contribution in [1.29, 1.82) is 0 Å². The van der Waals surface area contributed by atoms with Gasteiger partial charge in [0.25, 0.3) is 0 Å². The monoisotopic (exact) mass is 221 g/mol. The number of carbonyl (C=O) groups is 1. The van der Waals surface area contributed by atoms with Gasteiger partial charge in [-0.2, -0.15) is 11.3 Å². The molecule has 0 radical (unpaired) electrons. The first-order valence-electron chi connectivity index (χ1n) is 5.29. The van der Waals surface area contributed by atoms with Crippen molar-refractivity contribution in [3.05, 3.63) is 22.4 Å². The van der Waals surface area contributed by atoms with Crippen LogP contribution < -0.4 is 0 Å². The van der Waals surface area contributed by atoms with E-state index in [2.05, 4.69) is 16.4 Å². The third-order valence-electron chi connectivity index (χ3n) is 3.11. The van der Waals surface area contributed by atoms with Crippen LogP contribution >= 0.6 is 11.3 Å². The minimum absolute atomic E-state index is 0.331. The van der Waals surface area contributed by atoms with Crippen LogP contribution in [0, 0.1) is 0 Å². The normalized spacial score (nSPS) is 27.4. The van der Waals surface area contributed by atoms with E-state index in [1.54, 1.807) is 18.4 Å². The van der Waals surface area contributed by atoms with E-state index >= 15 is 0 Å². The Kier molecular flexibility index (Phi) is 3.00. The second kappa shape index (κ2) is 4.27. The molecule has 1 aliphatic rings. The molecule has 0 aromatic carbocycles. The summed E-state index contributed by atoms with van der Waals surface area (Å²) >= 11 is 1.65. The lowest BCUT2D eigenvalue weighted by Gasteiger charge is -2.31. The molecule has 1 aromatic rings. The molecule has 15 heavy (non-hydrogen) atoms. The van der Waals surface area contributed by atoms with Crippen LogP contribution in [0.5, 0.6) is 0 Å². The van der Waals surface area contributed by atoms with E-state index in [9.17, 15) is 4.79 Å². The number of aliphatic imine (C=N–C) groups is 1. The zero-order chi connectivity index (χ0) is 10.7. The molecule has 0 aliphatic heterocycles. The van der Waals surface area contributed by atoms with E-state index in [1.165, 1.54) is 0 Å². The Hall–Kier alpha value is -0.960. The lowest BCUT2D eigenvalue weighted by Crippen LogP contribution is -2.39. The van der Waals surface area contributed by atoms with Gasteiger partial charge in [0.15, 0.2) is 0 Å². The van der Waals surface area contributed by atoms with Gasteiger partial charge in [0.05, 0.1) is 5.41 Å². The molecular weight excluding hydrogens is 206 g/mol. The van der Waals surface area contributed by atoms with Crippen LogP contribution in [0.15, 0.2) is 21.8 Å². The van der Waals surface area contributed by atoms with Gasteiger partial charge in [0.2, 0.25) is 0 Å². The van der Waals surface area contributed by atoms with Crippen molar-refractivity contribution in [1.82, 2.24) is 0 Å². The molecule has 0 saturated heterocycles. The average molecular weight is 221 g/mol. The number of thiophene rings is 1. The maximum atomic E-state index is 12.1. The molecule has 0 bridgehead atoms. The summed E-state index contributed by atoms with van der Waals surface area (Å²) in [7, 11) is 1.75. The van der Waals surface area contributed by atoms with Gasteiger partial charge < -0.3 is 0 Å². The maximum absolute atomic E-state index is 12.1. The Morgan fingerprint density at radius 1 is 1.53 bits per heavy atom. The number of Topliss-reactive ketones (excluding diaryl/α,β-unsaturated/α-hetero) is 1. The van der Waals surface area contributed by atoms with Crippen LogP contribution in [0.25, 0.3) is 0 Å². The van der Waals surface area contributed by atoms with Crippen molar-refractivity contribution < 1.29 is 4.79 Å². The van der Waals surface area contributed by atoms with Crippen molar-refractivity contribution in [2.24, 2.45) is 4.99 Å². The molecule has 2 rings (SSSR count). The molecule has 2 nitrogen and oxygen atoms in total. The summed E-state index contributed by atoms with van der Waals surface area (Å²) in [5, 5.41) is 4.10. The summed E-state index contributed by atoms with van der Waals surface area (Å²) in [5.74, 6) is 0.331. The molecule has 1 aromatic heterocycles. The molecule has 0 N–H and O–H groups in total. The Morgan fingerprint density at radius 3 is 3.00 bits per heavy atom. The van der Waals surface area contributed by atoms with Gasteiger partial charge in [0, 0.05) is 19.7 Å². The quantitative estimate of drug-likeness (QED) is 0.706. The van der Waals surface area contributed by atoms with Crippen molar-refractivity contribution in [3.8, 4) is 0 Å². The molecule has 1 atom stereocenters. The molecule has 0 amide bonds. The molecule has 3 heteroatoms. The largest absolute Gasteiger partial charge is 0.299 e. The molecule has 80 valence electrons. The smallest absolute Gasteiger partial charge is 0.148 e. The topological polar surface area (TPSA) is 29.4 Å². The summed E-state index contributed by atoms with van der Waals surface area (Å²) in [6.45, 7) is 0. The van der Waals surface area contributed by atoms with Crippen LogP contribution in [0.1, 0.15) is 31.2 Å². The molecule has 1 aliphatic carbocycles. The lowest BCUT2D eigenvalue weighted by molar-refractivity contribution is -0.123. The van der Waals surface area contributed by atoms with E-state index in [0.717, 1.165) is 24.8 Å². The molecule has 0 spiro atoms. The lowest BCUT2D eigenvalue weighted by atomic mass is 9.70. The van der Waals surface area contributed by atoms with Crippen LogP contribution in [0.2, 0.25) is 0 Å². The summed E-state index contributed by atoms with van der Waals surface area (Å²) in [5.41, 5.74) is 0.718. The van der Waals surface area contributed by atoms with Gasteiger partial charge >= 0.3 is 0 Å². The van der Waals surface area contributed by atoms with Crippen LogP contribution in [0.4, 0.5) is 0 Å². The third-order valence-corrected chi connectivity index (χ3v) is 3.79. The minimum Gasteiger partial charge on any atom is -0.299 e. The highest BCUT2D eigenvalue weighted by Gasteiger charge is 2.39. The summed E-state index contributed by atoms with van der Waals surface area (Å²) in [6.07, 6.45) is 5.61. The molecule has 0 unspecified atom stereocenters. The highest BCUT2D eigenvalue weighted by molar-refractivity contribution is 7.08. The minimum atomic E-state index is -0.410. The fourth-order valence-corrected chi connectivity index (χ4v) is 3.05. The van der Waals surface area contributed by atoms with E-state index in [-0.39, 0.29) is 0 Å². The first-order valence-corrected chi connectivity index (χ1v) is 6.23. The predicted molar refractivity (Wildman–Crippen MR) is 63.9 cm³/mol. The van der Waals surface area contributed by atoms with Gasteiger partial charge in [-0.25, -0.2) is 0 Å².